The summed E-state index contributed by atoms with van der Waals surface area (Å²) in [5, 5.41) is 23.3. The van der Waals surface area contributed by atoms with Gasteiger partial charge in [0.1, 0.15) is 6.04 Å². The molecule has 0 heterocycles. The monoisotopic (exact) mass is 301 g/mol. The molecule has 1 aromatic carbocycles. The molecule has 2 amide bonds. The molecule has 1 fully saturated rings. The smallest absolute Gasteiger partial charge is 0.404 e. The van der Waals surface area contributed by atoms with E-state index in [9.17, 15) is 14.9 Å². The lowest BCUT2D eigenvalue weighted by Gasteiger charge is -2.30. The molecule has 1 aliphatic carbocycles. The standard InChI is InChI=1S/C16H19N3O3/c17-10-14(11-6-2-1-3-7-11)18-15(20)12-8-4-5-9-13(12)19-16(21)22/h1-3,6-7,12-14,19H,4-5,8-9H2,(H,18,20)(H,21,22)/t12-,13+,14?/m0/s1. The van der Waals surface area contributed by atoms with E-state index in [-0.39, 0.29) is 11.9 Å². The Morgan fingerprint density at radius 2 is 1.91 bits per heavy atom. The lowest BCUT2D eigenvalue weighted by atomic mass is 9.83. The van der Waals surface area contributed by atoms with Crippen LogP contribution in [0.15, 0.2) is 30.3 Å². The van der Waals surface area contributed by atoms with Gasteiger partial charge in [0.05, 0.1) is 12.0 Å². The lowest BCUT2D eigenvalue weighted by molar-refractivity contribution is -0.127. The Morgan fingerprint density at radius 3 is 2.55 bits per heavy atom. The molecule has 1 aliphatic rings. The molecule has 0 bridgehead atoms. The molecule has 1 aromatic rings. The summed E-state index contributed by atoms with van der Waals surface area (Å²) < 4.78 is 0. The van der Waals surface area contributed by atoms with Crippen molar-refractivity contribution in [2.75, 3.05) is 0 Å². The highest BCUT2D eigenvalue weighted by molar-refractivity contribution is 5.81. The minimum Gasteiger partial charge on any atom is -0.465 e. The molecule has 2 rings (SSSR count). The van der Waals surface area contributed by atoms with Gasteiger partial charge in [0.15, 0.2) is 0 Å². The number of hydrogen-bond acceptors (Lipinski definition) is 3. The number of carbonyl (C=O) groups is 2. The number of hydrogen-bond donors (Lipinski definition) is 3. The van der Waals surface area contributed by atoms with Crippen LogP contribution >= 0.6 is 0 Å². The molecule has 6 heteroatoms. The molecule has 3 N–H and O–H groups in total. The molecule has 6 nitrogen and oxygen atoms in total. The maximum absolute atomic E-state index is 12.4. The molecule has 1 unspecified atom stereocenters. The zero-order valence-corrected chi connectivity index (χ0v) is 12.2. The van der Waals surface area contributed by atoms with Gasteiger partial charge >= 0.3 is 6.09 Å². The number of nitrogens with zero attached hydrogens (tertiary/aromatic N) is 1. The van der Waals surface area contributed by atoms with Crippen LogP contribution in [0.5, 0.6) is 0 Å². The predicted molar refractivity (Wildman–Crippen MR) is 79.8 cm³/mol. The highest BCUT2D eigenvalue weighted by Crippen LogP contribution is 2.25. The largest absolute Gasteiger partial charge is 0.465 e. The van der Waals surface area contributed by atoms with Crippen molar-refractivity contribution in [3.05, 3.63) is 35.9 Å². The summed E-state index contributed by atoms with van der Waals surface area (Å²) in [7, 11) is 0. The maximum Gasteiger partial charge on any atom is 0.404 e. The fraction of sp³-hybridized carbons (Fsp3) is 0.438. The molecule has 0 radical (unpaired) electrons. The van der Waals surface area contributed by atoms with E-state index in [0.29, 0.717) is 12.8 Å². The van der Waals surface area contributed by atoms with Gasteiger partial charge in [-0.25, -0.2) is 4.79 Å². The Kier molecular flexibility index (Phi) is 5.37. The maximum atomic E-state index is 12.4. The first-order valence-corrected chi connectivity index (χ1v) is 7.36. The summed E-state index contributed by atoms with van der Waals surface area (Å²) in [6, 6.07) is 9.98. The molecule has 116 valence electrons. The average molecular weight is 301 g/mol. The highest BCUT2D eigenvalue weighted by Gasteiger charge is 2.33. The molecule has 22 heavy (non-hydrogen) atoms. The molecule has 1 saturated carbocycles. The lowest BCUT2D eigenvalue weighted by Crippen LogP contribution is -2.48. The third-order valence-corrected chi connectivity index (χ3v) is 3.96. The summed E-state index contributed by atoms with van der Waals surface area (Å²) in [4.78, 5) is 23.3. The Morgan fingerprint density at radius 1 is 1.23 bits per heavy atom. The third-order valence-electron chi connectivity index (χ3n) is 3.96. The average Bonchev–Trinajstić information content (AvgIpc) is 2.53. The molecule has 0 spiro atoms. The van der Waals surface area contributed by atoms with Crippen molar-refractivity contribution >= 4 is 12.0 Å². The number of carboxylic acid groups (broad SMARTS) is 1. The number of nitriles is 1. The van der Waals surface area contributed by atoms with Crippen LogP contribution in [0.3, 0.4) is 0 Å². The van der Waals surface area contributed by atoms with Crippen LogP contribution in [0, 0.1) is 17.2 Å². The van der Waals surface area contributed by atoms with Crippen molar-refractivity contribution < 1.29 is 14.7 Å². The van der Waals surface area contributed by atoms with Gasteiger partial charge in [-0.1, -0.05) is 43.2 Å². The fourth-order valence-electron chi connectivity index (χ4n) is 2.86. The number of amides is 2. The van der Waals surface area contributed by atoms with Crippen LogP contribution in [0.1, 0.15) is 37.3 Å². The first-order valence-electron chi connectivity index (χ1n) is 7.36. The van der Waals surface area contributed by atoms with Crippen LogP contribution in [-0.4, -0.2) is 23.1 Å². The van der Waals surface area contributed by atoms with E-state index in [0.717, 1.165) is 18.4 Å². The van der Waals surface area contributed by atoms with Gasteiger partial charge in [-0.05, 0) is 18.4 Å². The molecular weight excluding hydrogens is 282 g/mol. The first kappa shape index (κ1) is 15.8. The van der Waals surface area contributed by atoms with Crippen molar-refractivity contribution in [1.29, 1.82) is 5.26 Å². The SMILES string of the molecule is N#CC(NC(=O)[C@H]1CCCC[C@H]1NC(=O)O)c1ccccc1. The molecule has 0 aliphatic heterocycles. The Labute approximate surface area is 129 Å². The molecular formula is C16H19N3O3. The summed E-state index contributed by atoms with van der Waals surface area (Å²) in [5.41, 5.74) is 0.719. The summed E-state index contributed by atoms with van der Waals surface area (Å²) in [6.45, 7) is 0. The van der Waals surface area contributed by atoms with Crippen molar-refractivity contribution in [3.8, 4) is 6.07 Å². The number of nitrogens with one attached hydrogen (secondary N) is 2. The second-order valence-corrected chi connectivity index (χ2v) is 5.43. The molecule has 0 saturated heterocycles. The second-order valence-electron chi connectivity index (χ2n) is 5.43. The quantitative estimate of drug-likeness (QED) is 0.793. The first-order chi connectivity index (χ1) is 10.6. The van der Waals surface area contributed by atoms with Gasteiger partial charge in [-0.3, -0.25) is 4.79 Å². The summed E-state index contributed by atoms with van der Waals surface area (Å²) in [5.74, 6) is -0.696. The number of benzene rings is 1. The van der Waals surface area contributed by atoms with Crippen molar-refractivity contribution in [3.63, 3.8) is 0 Å². The van der Waals surface area contributed by atoms with E-state index < -0.39 is 18.1 Å². The van der Waals surface area contributed by atoms with Crippen LogP contribution < -0.4 is 10.6 Å². The van der Waals surface area contributed by atoms with E-state index in [2.05, 4.69) is 16.7 Å². The van der Waals surface area contributed by atoms with E-state index in [1.165, 1.54) is 0 Å². The predicted octanol–water partition coefficient (Wildman–Crippen LogP) is 2.19. The zero-order chi connectivity index (χ0) is 15.9. The van der Waals surface area contributed by atoms with Crippen LogP contribution in [0.25, 0.3) is 0 Å². The second kappa shape index (κ2) is 7.46. The molecule has 3 atom stereocenters. The summed E-state index contributed by atoms with van der Waals surface area (Å²) in [6.07, 6.45) is 1.94. The third kappa shape index (κ3) is 3.98. The van der Waals surface area contributed by atoms with E-state index in [4.69, 9.17) is 5.11 Å². The van der Waals surface area contributed by atoms with Crippen molar-refractivity contribution in [2.24, 2.45) is 5.92 Å². The van der Waals surface area contributed by atoms with Gasteiger partial charge in [-0.2, -0.15) is 5.26 Å². The van der Waals surface area contributed by atoms with E-state index >= 15 is 0 Å². The normalized spacial score (nSPS) is 22.1. The minimum atomic E-state index is -1.12. The van der Waals surface area contributed by atoms with Gasteiger partial charge in [0, 0.05) is 6.04 Å². The van der Waals surface area contributed by atoms with E-state index in [1.807, 2.05) is 6.07 Å². The minimum absolute atomic E-state index is 0.270. The van der Waals surface area contributed by atoms with Crippen molar-refractivity contribution in [1.82, 2.24) is 10.6 Å². The topological polar surface area (TPSA) is 102 Å². The van der Waals surface area contributed by atoms with Crippen LogP contribution in [0.4, 0.5) is 4.79 Å². The van der Waals surface area contributed by atoms with Gasteiger partial charge in [0.25, 0.3) is 0 Å². The van der Waals surface area contributed by atoms with E-state index in [1.54, 1.807) is 24.3 Å². The fourth-order valence-corrected chi connectivity index (χ4v) is 2.86. The highest BCUT2D eigenvalue weighted by atomic mass is 16.4. The zero-order valence-electron chi connectivity index (χ0n) is 12.2. The van der Waals surface area contributed by atoms with Crippen LogP contribution in [-0.2, 0) is 4.79 Å². The Bertz CT molecular complexity index is 568. The summed E-state index contributed by atoms with van der Waals surface area (Å²) >= 11 is 0. The number of carbonyl (C=O) groups excluding carboxylic acids is 1. The van der Waals surface area contributed by atoms with Crippen LogP contribution in [0.2, 0.25) is 0 Å². The van der Waals surface area contributed by atoms with Gasteiger partial charge in [-0.15, -0.1) is 0 Å². The van der Waals surface area contributed by atoms with Crippen molar-refractivity contribution in [2.45, 2.75) is 37.8 Å². The van der Waals surface area contributed by atoms with Gasteiger partial charge in [0.2, 0.25) is 5.91 Å². The molecule has 0 aromatic heterocycles. The Hall–Kier alpha value is -2.55. The Balaban J connectivity index is 2.05. The number of rotatable bonds is 4. The van der Waals surface area contributed by atoms with Gasteiger partial charge < -0.3 is 15.7 Å².